The van der Waals surface area contributed by atoms with Crippen LogP contribution in [0.15, 0.2) is 34.9 Å². The standard InChI is InChI=1S/C39H60N6O15.Fe/c1-25-13-19-58-37(52)31(40-28(4)46)11-8-17-44(56)35(50)23-27(3)15-21-60-39(54)33(42-30(6)48)12-9-18-45(57)36(51)24-26(2)14-20-59-38(53)32(41-29(5)47)10-7-16-43(55)34(49)22-25;/h22-24,31-33,55-57H,7-21H2,1-6H3,(H,40,46)(H,41,47)(H,42,48);/p+3. The van der Waals surface area contributed by atoms with Gasteiger partial charge < -0.3 is 30.2 Å². The second kappa shape index (κ2) is 30.0. The van der Waals surface area contributed by atoms with Crippen molar-refractivity contribution in [3.63, 3.8) is 0 Å². The molecular weight excluding hydrogens is 848 g/mol. The average Bonchev–Trinajstić information content (AvgIpc) is 3.15. The number of hydrogen-bond donors (Lipinski definition) is 6. The molecule has 3 atom stereocenters. The van der Waals surface area contributed by atoms with Gasteiger partial charge in [0, 0.05) is 57.1 Å². The predicted octanol–water partition coefficient (Wildman–Crippen LogP) is 1.07. The maximum Gasteiger partial charge on any atom is 0.440 e. The number of carbonyl (C=O) groups excluding carboxylic acids is 9. The van der Waals surface area contributed by atoms with Crippen LogP contribution in [0.3, 0.4) is 0 Å². The van der Waals surface area contributed by atoms with E-state index in [-0.39, 0.29) is 114 Å². The topological polar surface area (TPSA) is 301 Å². The van der Waals surface area contributed by atoms with Crippen molar-refractivity contribution in [2.45, 2.75) is 117 Å². The van der Waals surface area contributed by atoms with Crippen molar-refractivity contribution < 1.29 is 90.1 Å². The smallest absolute Gasteiger partial charge is 0.440 e. The first-order valence-corrected chi connectivity index (χ1v) is 19.6. The monoisotopic (exact) mass is 911 g/mol. The van der Waals surface area contributed by atoms with Crippen molar-refractivity contribution in [2.24, 2.45) is 0 Å². The van der Waals surface area contributed by atoms with Crippen LogP contribution in [0.4, 0.5) is 0 Å². The van der Waals surface area contributed by atoms with Crippen molar-refractivity contribution in [1.29, 1.82) is 0 Å². The molecule has 0 fully saturated rings. The fraction of sp³-hybridized carbons (Fsp3) is 0.615. The summed E-state index contributed by atoms with van der Waals surface area (Å²) in [5, 5.41) is 40.2. The van der Waals surface area contributed by atoms with Crippen LogP contribution in [0.5, 0.6) is 0 Å². The zero-order valence-corrected chi connectivity index (χ0v) is 36.7. The zero-order valence-electron chi connectivity index (χ0n) is 35.6. The van der Waals surface area contributed by atoms with Gasteiger partial charge in [0.25, 0.3) is 0 Å². The van der Waals surface area contributed by atoms with Gasteiger partial charge in [0.05, 0.1) is 57.7 Å². The molecule has 6 amide bonds. The second-order valence-corrected chi connectivity index (χ2v) is 14.4. The number of amides is 6. The first-order chi connectivity index (χ1) is 28.2. The van der Waals surface area contributed by atoms with Crippen molar-refractivity contribution >= 4 is 53.4 Å². The van der Waals surface area contributed by atoms with Gasteiger partial charge in [-0.2, -0.15) is 15.2 Å². The Bertz CT molecular complexity index is 1450. The maximum absolute atomic E-state index is 12.8. The van der Waals surface area contributed by atoms with Crippen LogP contribution in [0.1, 0.15) is 99.3 Å². The Morgan fingerprint density at radius 2 is 0.770 bits per heavy atom. The number of hydroxylamine groups is 6. The molecule has 0 spiro atoms. The van der Waals surface area contributed by atoms with Crippen LogP contribution in [0.25, 0.3) is 0 Å². The molecule has 0 bridgehead atoms. The van der Waals surface area contributed by atoms with Gasteiger partial charge in [-0.15, -0.1) is 0 Å². The Kier molecular flexibility index (Phi) is 27.4. The van der Waals surface area contributed by atoms with Gasteiger partial charge in [-0.1, -0.05) is 16.7 Å². The SMILES string of the molecule is CC(=O)NC1CCCN(O)C(=[OH+])C=C(C)CCOC(=O)C(NC(C)=O)CCCN(O)C(=[OH+])C=C(C)CCOC(=O)C(NC(C)=O)CCCN(O)C(=[OH+])C=C(C)CCOC1=O.[Fe]. The minimum absolute atomic E-state index is 0. The van der Waals surface area contributed by atoms with Gasteiger partial charge in [0.1, 0.15) is 18.1 Å². The molecule has 0 aliphatic carbocycles. The molecule has 61 heavy (non-hydrogen) atoms. The van der Waals surface area contributed by atoms with Crippen molar-refractivity contribution in [3.05, 3.63) is 34.9 Å². The zero-order chi connectivity index (χ0) is 45.4. The number of cyclic esters (lactones) is 3. The van der Waals surface area contributed by atoms with Gasteiger partial charge in [0.15, 0.2) is 0 Å². The van der Waals surface area contributed by atoms with Crippen LogP contribution in [0.2, 0.25) is 0 Å². The molecule has 1 heterocycles. The fourth-order valence-electron chi connectivity index (χ4n) is 5.50. The molecule has 0 radical (unpaired) electrons. The molecule has 0 aromatic carbocycles. The first-order valence-electron chi connectivity index (χ1n) is 19.6. The number of rotatable bonds is 3. The molecular formula is C39H63FeN6O15+3. The molecule has 21 nitrogen and oxygen atoms in total. The van der Waals surface area contributed by atoms with Gasteiger partial charge in [-0.3, -0.25) is 44.4 Å². The number of hydrogen-bond acceptors (Lipinski definition) is 12. The van der Waals surface area contributed by atoms with E-state index in [1.54, 1.807) is 20.8 Å². The van der Waals surface area contributed by atoms with Crippen LogP contribution >= 0.6 is 0 Å². The molecule has 1 aliphatic heterocycles. The minimum Gasteiger partial charge on any atom is -0.464 e. The van der Waals surface area contributed by atoms with Crippen molar-refractivity contribution in [3.8, 4) is 0 Å². The van der Waals surface area contributed by atoms with Gasteiger partial charge in [0.2, 0.25) is 17.7 Å². The molecule has 1 aliphatic rings. The van der Waals surface area contributed by atoms with Crippen LogP contribution in [-0.2, 0) is 60.0 Å². The van der Waals surface area contributed by atoms with E-state index < -0.39 is 71.5 Å². The Labute approximate surface area is 365 Å². The third-order valence-corrected chi connectivity index (χ3v) is 8.72. The molecule has 0 saturated heterocycles. The van der Waals surface area contributed by atoms with Gasteiger partial charge in [-0.25, -0.2) is 14.4 Å². The predicted molar refractivity (Wildman–Crippen MR) is 215 cm³/mol. The number of carbonyl (C=O) groups is 6. The van der Waals surface area contributed by atoms with Crippen LogP contribution < -0.4 is 16.0 Å². The van der Waals surface area contributed by atoms with E-state index in [1.165, 1.54) is 39.0 Å². The third-order valence-electron chi connectivity index (χ3n) is 8.72. The summed E-state index contributed by atoms with van der Waals surface area (Å²) in [6.07, 6.45) is 4.66. The quantitative estimate of drug-likeness (QED) is 0.0762. The number of ether oxygens (including phenoxy) is 3. The molecule has 3 unspecified atom stereocenters. The normalized spacial score (nSPS) is 21.9. The summed E-state index contributed by atoms with van der Waals surface area (Å²) < 4.78 is 16.0. The van der Waals surface area contributed by atoms with E-state index >= 15 is 0 Å². The summed E-state index contributed by atoms with van der Waals surface area (Å²) in [5.74, 6) is -5.37. The van der Waals surface area contributed by atoms with Gasteiger partial charge >= 0.3 is 35.6 Å². The molecule has 0 saturated carbocycles. The Morgan fingerprint density at radius 1 is 0.541 bits per heavy atom. The van der Waals surface area contributed by atoms with Crippen molar-refractivity contribution in [2.75, 3.05) is 39.5 Å². The van der Waals surface area contributed by atoms with Gasteiger partial charge in [-0.05, 0) is 59.3 Å². The van der Waals surface area contributed by atoms with Crippen LogP contribution in [-0.4, -0.2) is 156 Å². The fourth-order valence-corrected chi connectivity index (χ4v) is 5.50. The molecule has 1 rings (SSSR count). The molecule has 344 valence electrons. The number of nitrogens with one attached hydrogen (secondary N) is 3. The summed E-state index contributed by atoms with van der Waals surface area (Å²) >= 11 is 0. The summed E-state index contributed by atoms with van der Waals surface area (Å²) in [6, 6.07) is -3.23. The summed E-state index contributed by atoms with van der Waals surface area (Å²) in [4.78, 5) is 105. The minimum atomic E-state index is -1.08. The summed E-state index contributed by atoms with van der Waals surface area (Å²) in [5.41, 5.74) is 1.54. The largest absolute Gasteiger partial charge is 0.464 e. The summed E-state index contributed by atoms with van der Waals surface area (Å²) in [7, 11) is 0. The number of nitrogens with zero attached hydrogens (tertiary/aromatic N) is 3. The van der Waals surface area contributed by atoms with E-state index in [0.717, 1.165) is 0 Å². The van der Waals surface area contributed by atoms with Crippen molar-refractivity contribution in [1.82, 2.24) is 31.1 Å². The van der Waals surface area contributed by atoms with E-state index in [0.29, 0.717) is 31.9 Å². The maximum atomic E-state index is 12.8. The van der Waals surface area contributed by atoms with Crippen LogP contribution in [0, 0.1) is 0 Å². The van der Waals surface area contributed by atoms with E-state index in [2.05, 4.69) is 16.0 Å². The van der Waals surface area contributed by atoms with E-state index in [1.807, 2.05) is 0 Å². The Balaban J connectivity index is 0.0000360. The number of esters is 3. The molecule has 0 aromatic rings. The van der Waals surface area contributed by atoms with E-state index in [9.17, 15) is 58.8 Å². The second-order valence-electron chi connectivity index (χ2n) is 14.4. The Morgan fingerprint density at radius 3 is 0.984 bits per heavy atom. The first kappa shape index (κ1) is 55.8. The third kappa shape index (κ3) is 24.6. The molecule has 0 aromatic heterocycles. The Hall–Kier alpha value is -5.15. The molecule has 9 N–H and O–H groups in total. The summed E-state index contributed by atoms with van der Waals surface area (Å²) in [6.45, 7) is 7.66. The average molecular weight is 912 g/mol. The molecule has 22 heteroatoms. The van der Waals surface area contributed by atoms with E-state index in [4.69, 9.17) is 14.2 Å².